The van der Waals surface area contributed by atoms with Crippen LogP contribution in [0.25, 0.3) is 10.8 Å². The third-order valence-electron chi connectivity index (χ3n) is 4.55. The molecule has 0 atom stereocenters. The summed E-state index contributed by atoms with van der Waals surface area (Å²) < 4.78 is 0. The molecule has 0 saturated carbocycles. The Morgan fingerprint density at radius 2 is 0.880 bits per heavy atom. The molecular weight excluding hydrogens is 304 g/mol. The van der Waals surface area contributed by atoms with Gasteiger partial charge in [-0.1, -0.05) is 60.7 Å². The van der Waals surface area contributed by atoms with Gasteiger partial charge in [-0.3, -0.25) is 0 Å². The van der Waals surface area contributed by atoms with Gasteiger partial charge in [-0.15, -0.1) is 0 Å². The van der Waals surface area contributed by atoms with E-state index in [9.17, 15) is 0 Å². The lowest BCUT2D eigenvalue weighted by Crippen LogP contribution is -2.17. The Morgan fingerprint density at radius 1 is 0.480 bits per heavy atom. The number of para-hydroxylation sites is 2. The normalized spacial score (nSPS) is 13.3. The molecule has 118 valence electrons. The van der Waals surface area contributed by atoms with E-state index >= 15 is 0 Å². The minimum Gasteiger partial charge on any atom is -0.308 e. The van der Waals surface area contributed by atoms with Gasteiger partial charge in [0.2, 0.25) is 6.67 Å². The molecule has 0 spiro atoms. The van der Waals surface area contributed by atoms with Gasteiger partial charge in [0.1, 0.15) is 0 Å². The van der Waals surface area contributed by atoms with E-state index in [0.29, 0.717) is 0 Å². The average Bonchev–Trinajstić information content (AvgIpc) is 3.06. The van der Waals surface area contributed by atoms with Gasteiger partial charge in [0, 0.05) is 11.4 Å². The molecule has 2 radical (unpaired) electrons. The van der Waals surface area contributed by atoms with Crippen LogP contribution < -0.4 is 9.80 Å². The average molecular weight is 320 g/mol. The molecule has 25 heavy (non-hydrogen) atoms. The summed E-state index contributed by atoms with van der Waals surface area (Å²) in [4.78, 5) is 4.27. The fourth-order valence-electron chi connectivity index (χ4n) is 3.33. The van der Waals surface area contributed by atoms with Crippen LogP contribution in [0.15, 0.2) is 97.1 Å². The number of hydrogen-bond acceptors (Lipinski definition) is 2. The van der Waals surface area contributed by atoms with Crippen molar-refractivity contribution in [3.05, 3.63) is 104 Å². The lowest BCUT2D eigenvalue weighted by molar-refractivity contribution is 1.13. The second kappa shape index (κ2) is 5.67. The van der Waals surface area contributed by atoms with Crippen molar-refractivity contribution in [2.75, 3.05) is 9.80 Å². The first-order chi connectivity index (χ1) is 12.4. The molecule has 1 heterocycles. The number of nitrogens with zero attached hydrogens (tertiary/aromatic N) is 2. The van der Waals surface area contributed by atoms with Gasteiger partial charge >= 0.3 is 0 Å². The van der Waals surface area contributed by atoms with Crippen LogP contribution in [0.4, 0.5) is 22.7 Å². The molecule has 2 nitrogen and oxygen atoms in total. The highest BCUT2D eigenvalue weighted by Crippen LogP contribution is 2.47. The summed E-state index contributed by atoms with van der Waals surface area (Å²) >= 11 is 0. The number of hydrogen-bond donors (Lipinski definition) is 0. The summed E-state index contributed by atoms with van der Waals surface area (Å²) in [6.45, 7) is 3.53. The zero-order chi connectivity index (χ0) is 16.6. The number of fused-ring (bicyclic) bond motifs is 2. The molecule has 1 aliphatic heterocycles. The van der Waals surface area contributed by atoms with Crippen molar-refractivity contribution in [2.24, 2.45) is 0 Å². The summed E-state index contributed by atoms with van der Waals surface area (Å²) in [5.41, 5.74) is 4.51. The van der Waals surface area contributed by atoms with E-state index in [1.54, 1.807) is 0 Å². The smallest absolute Gasteiger partial charge is 0.218 e. The lowest BCUT2D eigenvalue weighted by Gasteiger charge is -2.19. The second-order valence-electron chi connectivity index (χ2n) is 6.13. The molecule has 2 heteroatoms. The van der Waals surface area contributed by atoms with E-state index in [4.69, 9.17) is 0 Å². The lowest BCUT2D eigenvalue weighted by atomic mass is 10.1. The van der Waals surface area contributed by atoms with Gasteiger partial charge in [0.25, 0.3) is 0 Å². The number of rotatable bonds is 2. The fourth-order valence-corrected chi connectivity index (χ4v) is 3.33. The van der Waals surface area contributed by atoms with Crippen LogP contribution >= 0.6 is 0 Å². The van der Waals surface area contributed by atoms with Gasteiger partial charge in [0.05, 0.1) is 11.4 Å². The van der Waals surface area contributed by atoms with Gasteiger partial charge in [-0.25, -0.2) is 0 Å². The van der Waals surface area contributed by atoms with E-state index in [1.165, 1.54) is 10.8 Å². The van der Waals surface area contributed by atoms with Crippen LogP contribution in [-0.4, -0.2) is 0 Å². The van der Waals surface area contributed by atoms with Gasteiger partial charge in [0.15, 0.2) is 0 Å². The first-order valence-corrected chi connectivity index (χ1v) is 8.40. The Bertz CT molecular complexity index is 942. The van der Waals surface area contributed by atoms with Gasteiger partial charge in [-0.05, 0) is 47.2 Å². The molecule has 0 fully saturated rings. The van der Waals surface area contributed by atoms with E-state index < -0.39 is 0 Å². The minimum atomic E-state index is 1.11. The predicted octanol–water partition coefficient (Wildman–Crippen LogP) is 6.13. The molecule has 4 aromatic rings. The van der Waals surface area contributed by atoms with Crippen molar-refractivity contribution in [3.8, 4) is 0 Å². The zero-order valence-electron chi connectivity index (χ0n) is 13.6. The molecule has 0 unspecified atom stereocenters. The molecule has 0 aliphatic carbocycles. The Morgan fingerprint density at radius 3 is 1.32 bits per heavy atom. The number of benzene rings is 4. The maximum absolute atomic E-state index is 3.53. The Hall–Kier alpha value is -3.26. The van der Waals surface area contributed by atoms with E-state index in [0.717, 1.165) is 22.7 Å². The standard InChI is InChI=1S/C23H16N2/c1-3-11-20(12-4-1)24-17-25(21-13-5-2-6-14-21)23-16-19-10-8-7-9-18(19)15-22(23)24/h1-16H. The summed E-state index contributed by atoms with van der Waals surface area (Å²) in [5.74, 6) is 0. The van der Waals surface area contributed by atoms with Crippen LogP contribution in [0.2, 0.25) is 0 Å². The van der Waals surface area contributed by atoms with Crippen LogP contribution in [0.1, 0.15) is 0 Å². The van der Waals surface area contributed by atoms with E-state index in [-0.39, 0.29) is 0 Å². The van der Waals surface area contributed by atoms with Crippen molar-refractivity contribution in [2.45, 2.75) is 0 Å². The quantitative estimate of drug-likeness (QED) is 0.438. The molecular formula is C23H16N2. The summed E-state index contributed by atoms with van der Waals surface area (Å²) in [5, 5.41) is 2.47. The first-order valence-electron chi connectivity index (χ1n) is 8.40. The third kappa shape index (κ3) is 2.34. The minimum absolute atomic E-state index is 1.11. The molecule has 0 bridgehead atoms. The van der Waals surface area contributed by atoms with Crippen LogP contribution in [0.5, 0.6) is 0 Å². The predicted molar refractivity (Wildman–Crippen MR) is 104 cm³/mol. The zero-order valence-corrected chi connectivity index (χ0v) is 13.6. The summed E-state index contributed by atoms with van der Waals surface area (Å²) in [7, 11) is 0. The molecule has 0 aromatic heterocycles. The highest BCUT2D eigenvalue weighted by molar-refractivity contribution is 5.99. The highest BCUT2D eigenvalue weighted by Gasteiger charge is 2.30. The van der Waals surface area contributed by atoms with Crippen molar-refractivity contribution in [3.63, 3.8) is 0 Å². The van der Waals surface area contributed by atoms with Crippen LogP contribution in [-0.2, 0) is 0 Å². The molecule has 5 rings (SSSR count). The van der Waals surface area contributed by atoms with Crippen LogP contribution in [0.3, 0.4) is 0 Å². The second-order valence-corrected chi connectivity index (χ2v) is 6.13. The Balaban J connectivity index is 1.72. The fraction of sp³-hybridized carbons (Fsp3) is 0. The Labute approximate surface area is 147 Å². The highest BCUT2D eigenvalue weighted by atomic mass is 15.4. The molecule has 0 amide bonds. The third-order valence-corrected chi connectivity index (χ3v) is 4.55. The topological polar surface area (TPSA) is 6.48 Å². The van der Waals surface area contributed by atoms with Crippen LogP contribution in [0, 0.1) is 6.67 Å². The first kappa shape index (κ1) is 14.1. The molecule has 4 aromatic carbocycles. The van der Waals surface area contributed by atoms with Gasteiger partial charge < -0.3 is 9.80 Å². The molecule has 1 aliphatic rings. The maximum atomic E-state index is 3.53. The summed E-state index contributed by atoms with van der Waals surface area (Å²) in [6.07, 6.45) is 0. The monoisotopic (exact) mass is 320 g/mol. The van der Waals surface area contributed by atoms with E-state index in [2.05, 4.69) is 101 Å². The SMILES string of the molecule is [C]1N(c2ccccc2)c2cc3ccccc3cc2N1c1ccccc1. The van der Waals surface area contributed by atoms with Crippen molar-refractivity contribution < 1.29 is 0 Å². The van der Waals surface area contributed by atoms with Crippen molar-refractivity contribution in [1.29, 1.82) is 0 Å². The van der Waals surface area contributed by atoms with Crippen molar-refractivity contribution >= 4 is 33.5 Å². The Kier molecular flexibility index (Phi) is 3.20. The maximum Gasteiger partial charge on any atom is 0.218 e. The molecule has 0 N–H and O–H groups in total. The summed E-state index contributed by atoms with van der Waals surface area (Å²) in [6, 6.07) is 33.7. The van der Waals surface area contributed by atoms with Gasteiger partial charge in [-0.2, -0.15) is 0 Å². The van der Waals surface area contributed by atoms with Crippen molar-refractivity contribution in [1.82, 2.24) is 0 Å². The van der Waals surface area contributed by atoms with E-state index in [1.807, 2.05) is 12.1 Å². The number of anilines is 4. The largest absolute Gasteiger partial charge is 0.308 e. The molecule has 0 saturated heterocycles.